The first-order chi connectivity index (χ1) is 20.7. The summed E-state index contributed by atoms with van der Waals surface area (Å²) < 4.78 is 61.9. The molecule has 1 atom stereocenters. The Balaban J connectivity index is 1.36. The second kappa shape index (κ2) is 12.2. The Kier molecular flexibility index (Phi) is 8.39. The second-order valence-corrected chi connectivity index (χ2v) is 13.3. The number of hydrogen-bond acceptors (Lipinski definition) is 6. The van der Waals surface area contributed by atoms with Crippen molar-refractivity contribution in [1.82, 2.24) is 14.9 Å². The number of carbonyl (C=O) groups excluding carboxylic acids is 1. The third-order valence-electron chi connectivity index (χ3n) is 7.85. The SMILES string of the molecule is O=C(C[C@H](c1ccc(S(=O)(=O)CC2CC2)cc1)c1nc2cc(-c3ccccc3OC(F)F)c(Cl)cc2[nH]1)N1CCOCC1. The first kappa shape index (κ1) is 29.5. The van der Waals surface area contributed by atoms with Crippen molar-refractivity contribution in [2.45, 2.75) is 36.7 Å². The van der Waals surface area contributed by atoms with Gasteiger partial charge in [0.15, 0.2) is 9.84 Å². The Labute approximate surface area is 252 Å². The monoisotopic (exact) mass is 629 g/mol. The molecule has 1 aliphatic heterocycles. The van der Waals surface area contributed by atoms with Crippen LogP contribution in [0.15, 0.2) is 65.6 Å². The maximum Gasteiger partial charge on any atom is 0.387 e. The number of ether oxygens (including phenoxy) is 2. The number of imidazole rings is 1. The lowest BCUT2D eigenvalue weighted by molar-refractivity contribution is -0.135. The van der Waals surface area contributed by atoms with E-state index in [0.29, 0.717) is 59.3 Å². The quantitative estimate of drug-likeness (QED) is 0.229. The van der Waals surface area contributed by atoms with E-state index in [1.807, 2.05) is 0 Å². The van der Waals surface area contributed by atoms with Crippen LogP contribution in [0.4, 0.5) is 8.78 Å². The minimum atomic E-state index is -3.40. The van der Waals surface area contributed by atoms with Crippen LogP contribution in [0.1, 0.15) is 36.6 Å². The highest BCUT2D eigenvalue weighted by molar-refractivity contribution is 7.91. The van der Waals surface area contributed by atoms with Gasteiger partial charge in [-0.2, -0.15) is 8.78 Å². The van der Waals surface area contributed by atoms with E-state index >= 15 is 0 Å². The number of amides is 1. The van der Waals surface area contributed by atoms with Crippen LogP contribution < -0.4 is 4.74 Å². The Morgan fingerprint density at radius 1 is 1.07 bits per heavy atom. The largest absolute Gasteiger partial charge is 0.434 e. The Morgan fingerprint density at radius 3 is 2.49 bits per heavy atom. The van der Waals surface area contributed by atoms with Crippen molar-refractivity contribution >= 4 is 38.4 Å². The fraction of sp³-hybridized carbons (Fsp3) is 0.355. The number of sulfone groups is 1. The molecule has 8 nitrogen and oxygen atoms in total. The summed E-state index contributed by atoms with van der Waals surface area (Å²) in [7, 11) is -3.40. The lowest BCUT2D eigenvalue weighted by Gasteiger charge is -2.28. The van der Waals surface area contributed by atoms with Crippen LogP contribution in [0, 0.1) is 5.92 Å². The molecule has 3 aromatic carbocycles. The number of morpholine rings is 1. The molecule has 0 spiro atoms. The van der Waals surface area contributed by atoms with Crippen LogP contribution >= 0.6 is 11.6 Å². The molecule has 0 unspecified atom stereocenters. The van der Waals surface area contributed by atoms with Crippen molar-refractivity contribution in [2.75, 3.05) is 32.1 Å². The third kappa shape index (κ3) is 6.68. The maximum atomic E-state index is 13.4. The van der Waals surface area contributed by atoms with E-state index in [9.17, 15) is 22.0 Å². The molecule has 1 aliphatic carbocycles. The lowest BCUT2D eigenvalue weighted by atomic mass is 9.94. The number of alkyl halides is 2. The molecule has 226 valence electrons. The molecule has 2 aliphatic rings. The van der Waals surface area contributed by atoms with Crippen LogP contribution in [0.3, 0.4) is 0 Å². The minimum Gasteiger partial charge on any atom is -0.434 e. The zero-order valence-electron chi connectivity index (χ0n) is 23.1. The summed E-state index contributed by atoms with van der Waals surface area (Å²) in [5.74, 6) is 0.264. The molecule has 1 N–H and O–H groups in total. The van der Waals surface area contributed by atoms with Gasteiger partial charge in [-0.05, 0) is 54.7 Å². The van der Waals surface area contributed by atoms with Gasteiger partial charge >= 0.3 is 6.61 Å². The fourth-order valence-corrected chi connectivity index (χ4v) is 7.36. The highest BCUT2D eigenvalue weighted by Gasteiger charge is 2.30. The predicted molar refractivity (Wildman–Crippen MR) is 158 cm³/mol. The zero-order chi connectivity index (χ0) is 30.1. The summed E-state index contributed by atoms with van der Waals surface area (Å²) in [6.45, 7) is -1.09. The number of aromatic nitrogens is 2. The average Bonchev–Trinajstić information content (AvgIpc) is 3.71. The highest BCUT2D eigenvalue weighted by atomic mass is 35.5. The van der Waals surface area contributed by atoms with Gasteiger partial charge in [0, 0.05) is 30.6 Å². The van der Waals surface area contributed by atoms with Gasteiger partial charge in [0.25, 0.3) is 0 Å². The van der Waals surface area contributed by atoms with Crippen LogP contribution in [0.25, 0.3) is 22.2 Å². The summed E-state index contributed by atoms with van der Waals surface area (Å²) in [5, 5.41) is 0.305. The van der Waals surface area contributed by atoms with Crippen LogP contribution in [-0.2, 0) is 19.4 Å². The number of nitrogens with one attached hydrogen (secondary N) is 1. The molecule has 1 saturated heterocycles. The minimum absolute atomic E-state index is 0.0137. The van der Waals surface area contributed by atoms with Crippen molar-refractivity contribution in [2.24, 2.45) is 5.92 Å². The van der Waals surface area contributed by atoms with E-state index in [1.165, 1.54) is 6.07 Å². The number of rotatable bonds is 10. The molecular weight excluding hydrogens is 600 g/mol. The molecule has 6 rings (SSSR count). The van der Waals surface area contributed by atoms with E-state index in [1.54, 1.807) is 59.5 Å². The highest BCUT2D eigenvalue weighted by Crippen LogP contribution is 2.39. The normalized spacial score (nSPS) is 16.5. The van der Waals surface area contributed by atoms with Gasteiger partial charge < -0.3 is 19.4 Å². The maximum absolute atomic E-state index is 13.4. The van der Waals surface area contributed by atoms with Gasteiger partial charge in [0.1, 0.15) is 11.6 Å². The van der Waals surface area contributed by atoms with E-state index in [0.717, 1.165) is 18.4 Å². The van der Waals surface area contributed by atoms with Gasteiger partial charge in [-0.25, -0.2) is 13.4 Å². The molecule has 1 aromatic heterocycles. The first-order valence-electron chi connectivity index (χ1n) is 14.1. The molecule has 43 heavy (non-hydrogen) atoms. The number of halogens is 3. The number of aromatic amines is 1. The summed E-state index contributed by atoms with van der Waals surface area (Å²) in [6, 6.07) is 16.4. The zero-order valence-corrected chi connectivity index (χ0v) is 24.7. The summed E-state index contributed by atoms with van der Waals surface area (Å²) in [4.78, 5) is 23.5. The van der Waals surface area contributed by atoms with Crippen molar-refractivity contribution < 1.29 is 31.5 Å². The number of para-hydroxylation sites is 1. The summed E-state index contributed by atoms with van der Waals surface area (Å²) >= 11 is 6.62. The number of benzene rings is 3. The molecule has 2 heterocycles. The van der Waals surface area contributed by atoms with Gasteiger partial charge in [0.2, 0.25) is 5.91 Å². The number of hydrogen-bond donors (Lipinski definition) is 1. The number of fused-ring (bicyclic) bond motifs is 1. The molecule has 12 heteroatoms. The van der Waals surface area contributed by atoms with Crippen molar-refractivity contribution in [3.8, 4) is 16.9 Å². The molecule has 1 saturated carbocycles. The van der Waals surface area contributed by atoms with E-state index < -0.39 is 22.4 Å². The summed E-state index contributed by atoms with van der Waals surface area (Å²) in [5.41, 5.74) is 2.71. The molecular formula is C31H30ClF2N3O5S. The average molecular weight is 630 g/mol. The van der Waals surface area contributed by atoms with Gasteiger partial charge in [-0.15, -0.1) is 0 Å². The second-order valence-electron chi connectivity index (χ2n) is 10.9. The van der Waals surface area contributed by atoms with E-state index in [4.69, 9.17) is 26.1 Å². The first-order valence-corrected chi connectivity index (χ1v) is 16.1. The van der Waals surface area contributed by atoms with Crippen LogP contribution in [-0.4, -0.2) is 67.9 Å². The number of carbonyl (C=O) groups is 1. The fourth-order valence-electron chi connectivity index (χ4n) is 5.40. The Bertz CT molecular complexity index is 1740. The Morgan fingerprint density at radius 2 is 1.79 bits per heavy atom. The smallest absolute Gasteiger partial charge is 0.387 e. The molecule has 0 bridgehead atoms. The van der Waals surface area contributed by atoms with E-state index in [-0.39, 0.29) is 34.6 Å². The number of H-pyrrole nitrogens is 1. The van der Waals surface area contributed by atoms with Gasteiger partial charge in [-0.3, -0.25) is 4.79 Å². The van der Waals surface area contributed by atoms with Crippen molar-refractivity contribution in [3.63, 3.8) is 0 Å². The standard InChI is InChI=1S/C31H30ClF2N3O5S/c32-25-17-27-26(15-24(25)22-3-1-2-4-28(22)42-31(33)34)35-30(36-27)23(16-29(38)37-11-13-41-14-12-37)20-7-9-21(10-8-20)43(39,40)18-19-5-6-19/h1-4,7-10,15,17,19,23,31H,5-6,11-14,16,18H2,(H,35,36)/t23-/m1/s1. The van der Waals surface area contributed by atoms with E-state index in [2.05, 4.69) is 4.98 Å². The van der Waals surface area contributed by atoms with Crippen LogP contribution in [0.5, 0.6) is 5.75 Å². The van der Waals surface area contributed by atoms with Gasteiger partial charge in [-0.1, -0.05) is 41.9 Å². The molecule has 0 radical (unpaired) electrons. The number of nitrogens with zero attached hydrogens (tertiary/aromatic N) is 2. The Hall–Kier alpha value is -3.54. The van der Waals surface area contributed by atoms with Crippen molar-refractivity contribution in [3.05, 3.63) is 77.1 Å². The topological polar surface area (TPSA) is 102 Å². The molecule has 2 fully saturated rings. The van der Waals surface area contributed by atoms with Gasteiger partial charge in [0.05, 0.1) is 45.8 Å². The lowest BCUT2D eigenvalue weighted by Crippen LogP contribution is -2.41. The summed E-state index contributed by atoms with van der Waals surface area (Å²) in [6.07, 6.45) is 1.97. The molecule has 1 amide bonds. The molecule has 4 aromatic rings. The van der Waals surface area contributed by atoms with Crippen LogP contribution in [0.2, 0.25) is 5.02 Å². The predicted octanol–water partition coefficient (Wildman–Crippen LogP) is 6.05. The van der Waals surface area contributed by atoms with Crippen molar-refractivity contribution in [1.29, 1.82) is 0 Å². The third-order valence-corrected chi connectivity index (χ3v) is 10.1.